The summed E-state index contributed by atoms with van der Waals surface area (Å²) in [4.78, 5) is 21.3. The van der Waals surface area contributed by atoms with Crippen LogP contribution in [0.15, 0.2) is 54.3 Å². The van der Waals surface area contributed by atoms with Gasteiger partial charge in [0.15, 0.2) is 0 Å². The number of hydrogen-bond acceptors (Lipinski definition) is 5. The van der Waals surface area contributed by atoms with E-state index in [2.05, 4.69) is 21.9 Å². The minimum Gasteiger partial charge on any atom is -0.352 e. The third kappa shape index (κ3) is 3.80. The van der Waals surface area contributed by atoms with E-state index in [1.54, 1.807) is 18.2 Å². The number of nitrogens with zero attached hydrogens (tertiary/aromatic N) is 2. The summed E-state index contributed by atoms with van der Waals surface area (Å²) in [5.41, 5.74) is 1.75. The number of amides is 1. The summed E-state index contributed by atoms with van der Waals surface area (Å²) in [6.45, 7) is 4.02. The van der Waals surface area contributed by atoms with Crippen molar-refractivity contribution in [2.24, 2.45) is 0 Å². The van der Waals surface area contributed by atoms with Gasteiger partial charge in [0.1, 0.15) is 17.2 Å². The summed E-state index contributed by atoms with van der Waals surface area (Å²) in [6, 6.07) is 8.30. The van der Waals surface area contributed by atoms with Gasteiger partial charge in [-0.3, -0.25) is 4.79 Å². The van der Waals surface area contributed by atoms with Gasteiger partial charge in [0, 0.05) is 11.4 Å². The summed E-state index contributed by atoms with van der Waals surface area (Å²) in [6.07, 6.45) is 3.13. The minimum atomic E-state index is -0.263. The van der Waals surface area contributed by atoms with Crippen LogP contribution in [0.3, 0.4) is 0 Å². The van der Waals surface area contributed by atoms with Crippen molar-refractivity contribution in [1.29, 1.82) is 0 Å². The highest BCUT2D eigenvalue weighted by molar-refractivity contribution is 8.00. The maximum Gasteiger partial charge on any atom is 0.230 e. The largest absolute Gasteiger partial charge is 0.352 e. The second-order valence-electron chi connectivity index (χ2n) is 4.89. The zero-order valence-corrected chi connectivity index (χ0v) is 14.3. The monoisotopic (exact) mass is 359 g/mol. The topological polar surface area (TPSA) is 54.9 Å². The molecule has 0 bridgehead atoms. The van der Waals surface area contributed by atoms with Gasteiger partial charge in [-0.05, 0) is 23.8 Å². The number of fused-ring (bicyclic) bond motifs is 1. The SMILES string of the molecule is C=CCNC(=O)CSc1ncnc2cc(-c3ccc(F)cc3)sc12. The molecule has 0 aliphatic rings. The van der Waals surface area contributed by atoms with Crippen molar-refractivity contribution in [3.8, 4) is 10.4 Å². The fourth-order valence-corrected chi connectivity index (χ4v) is 4.09. The number of nitrogens with one attached hydrogen (secondary N) is 1. The summed E-state index contributed by atoms with van der Waals surface area (Å²) >= 11 is 2.91. The molecule has 0 aliphatic carbocycles. The molecular formula is C17H14FN3OS2. The van der Waals surface area contributed by atoms with Crippen LogP contribution in [-0.4, -0.2) is 28.2 Å². The minimum absolute atomic E-state index is 0.0676. The Morgan fingerprint density at radius 1 is 1.33 bits per heavy atom. The van der Waals surface area contributed by atoms with E-state index in [0.29, 0.717) is 6.54 Å². The lowest BCUT2D eigenvalue weighted by atomic mass is 10.2. The van der Waals surface area contributed by atoms with Gasteiger partial charge < -0.3 is 5.32 Å². The first-order valence-corrected chi connectivity index (χ1v) is 8.98. The summed E-state index contributed by atoms with van der Waals surface area (Å²) < 4.78 is 14.0. The Kier molecular flexibility index (Phi) is 5.22. The quantitative estimate of drug-likeness (QED) is 0.412. The van der Waals surface area contributed by atoms with E-state index in [1.165, 1.54) is 41.6 Å². The summed E-state index contributed by atoms with van der Waals surface area (Å²) in [7, 11) is 0. The molecular weight excluding hydrogens is 345 g/mol. The van der Waals surface area contributed by atoms with E-state index >= 15 is 0 Å². The van der Waals surface area contributed by atoms with Crippen LogP contribution < -0.4 is 5.32 Å². The maximum absolute atomic E-state index is 13.1. The molecule has 7 heteroatoms. The first kappa shape index (κ1) is 16.6. The first-order valence-electron chi connectivity index (χ1n) is 7.18. The van der Waals surface area contributed by atoms with Crippen LogP contribution >= 0.6 is 23.1 Å². The van der Waals surface area contributed by atoms with Gasteiger partial charge in [0.2, 0.25) is 5.91 Å². The second kappa shape index (κ2) is 7.55. The van der Waals surface area contributed by atoms with Crippen LogP contribution in [0.2, 0.25) is 0 Å². The normalized spacial score (nSPS) is 10.7. The molecule has 2 aromatic heterocycles. The average molecular weight is 359 g/mol. The molecule has 0 atom stereocenters. The molecule has 2 heterocycles. The summed E-state index contributed by atoms with van der Waals surface area (Å²) in [5, 5.41) is 3.50. The van der Waals surface area contributed by atoms with Crippen molar-refractivity contribution in [1.82, 2.24) is 15.3 Å². The fourth-order valence-electron chi connectivity index (χ4n) is 2.06. The van der Waals surface area contributed by atoms with E-state index in [4.69, 9.17) is 0 Å². The van der Waals surface area contributed by atoms with E-state index in [1.807, 2.05) is 6.07 Å². The molecule has 1 N–H and O–H groups in total. The Bertz CT molecular complexity index is 877. The lowest BCUT2D eigenvalue weighted by Crippen LogP contribution is -2.24. The predicted octanol–water partition coefficient (Wildman–Crippen LogP) is 3.89. The smallest absolute Gasteiger partial charge is 0.230 e. The number of rotatable bonds is 6. The second-order valence-corrected chi connectivity index (χ2v) is 6.91. The zero-order chi connectivity index (χ0) is 16.9. The maximum atomic E-state index is 13.1. The number of carbonyl (C=O) groups excluding carboxylic acids is 1. The van der Waals surface area contributed by atoms with Gasteiger partial charge in [0.05, 0.1) is 16.0 Å². The van der Waals surface area contributed by atoms with Crippen LogP contribution in [-0.2, 0) is 4.79 Å². The van der Waals surface area contributed by atoms with Crippen molar-refractivity contribution in [2.75, 3.05) is 12.3 Å². The number of halogens is 1. The van der Waals surface area contributed by atoms with E-state index in [0.717, 1.165) is 25.7 Å². The number of benzene rings is 1. The Morgan fingerprint density at radius 3 is 2.88 bits per heavy atom. The lowest BCUT2D eigenvalue weighted by molar-refractivity contribution is -0.118. The molecule has 24 heavy (non-hydrogen) atoms. The molecule has 1 amide bonds. The van der Waals surface area contributed by atoms with Crippen molar-refractivity contribution in [3.05, 3.63) is 55.1 Å². The highest BCUT2D eigenvalue weighted by Crippen LogP contribution is 2.36. The fraction of sp³-hybridized carbons (Fsp3) is 0.118. The van der Waals surface area contributed by atoms with Crippen LogP contribution in [0.1, 0.15) is 0 Å². The van der Waals surface area contributed by atoms with Crippen LogP contribution in [0.4, 0.5) is 4.39 Å². The van der Waals surface area contributed by atoms with Gasteiger partial charge in [-0.1, -0.05) is 30.0 Å². The van der Waals surface area contributed by atoms with Crippen molar-refractivity contribution < 1.29 is 9.18 Å². The molecule has 0 aliphatic heterocycles. The number of thiophene rings is 1. The first-order chi connectivity index (χ1) is 11.7. The average Bonchev–Trinajstić information content (AvgIpc) is 3.03. The van der Waals surface area contributed by atoms with Crippen molar-refractivity contribution in [3.63, 3.8) is 0 Å². The van der Waals surface area contributed by atoms with E-state index in [9.17, 15) is 9.18 Å². The highest BCUT2D eigenvalue weighted by Gasteiger charge is 2.12. The van der Waals surface area contributed by atoms with Gasteiger partial charge in [0.25, 0.3) is 0 Å². The third-order valence-electron chi connectivity index (χ3n) is 3.19. The predicted molar refractivity (Wildman–Crippen MR) is 96.7 cm³/mol. The van der Waals surface area contributed by atoms with Gasteiger partial charge in [-0.2, -0.15) is 0 Å². The molecule has 0 radical (unpaired) electrons. The Balaban J connectivity index is 1.83. The van der Waals surface area contributed by atoms with E-state index in [-0.39, 0.29) is 17.5 Å². The standard InChI is InChI=1S/C17H14FN3OS2/c1-2-7-19-15(22)9-23-17-16-13(20-10-21-17)8-14(24-16)11-3-5-12(18)6-4-11/h2-6,8,10H,1,7,9H2,(H,19,22). The highest BCUT2D eigenvalue weighted by atomic mass is 32.2. The third-order valence-corrected chi connectivity index (χ3v) is 5.49. The lowest BCUT2D eigenvalue weighted by Gasteiger charge is -2.02. The zero-order valence-electron chi connectivity index (χ0n) is 12.7. The molecule has 0 unspecified atom stereocenters. The number of thioether (sulfide) groups is 1. The summed E-state index contributed by atoms with van der Waals surface area (Å²) in [5.74, 6) is -0.0487. The number of hydrogen-bond donors (Lipinski definition) is 1. The molecule has 122 valence electrons. The van der Waals surface area contributed by atoms with E-state index < -0.39 is 0 Å². The molecule has 0 saturated heterocycles. The molecule has 3 rings (SSSR count). The molecule has 4 nitrogen and oxygen atoms in total. The van der Waals surface area contributed by atoms with Gasteiger partial charge in [-0.15, -0.1) is 17.9 Å². The molecule has 0 fully saturated rings. The van der Waals surface area contributed by atoms with Crippen LogP contribution in [0, 0.1) is 5.82 Å². The number of carbonyl (C=O) groups is 1. The van der Waals surface area contributed by atoms with Gasteiger partial charge >= 0.3 is 0 Å². The molecule has 0 spiro atoms. The van der Waals surface area contributed by atoms with Gasteiger partial charge in [-0.25, -0.2) is 14.4 Å². The molecule has 0 saturated carbocycles. The van der Waals surface area contributed by atoms with Crippen molar-refractivity contribution in [2.45, 2.75) is 5.03 Å². The van der Waals surface area contributed by atoms with Crippen molar-refractivity contribution >= 4 is 39.2 Å². The van der Waals surface area contributed by atoms with Crippen LogP contribution in [0.25, 0.3) is 20.7 Å². The molecule has 3 aromatic rings. The Labute approximate surface area is 146 Å². The Morgan fingerprint density at radius 2 is 2.12 bits per heavy atom. The van der Waals surface area contributed by atoms with Crippen LogP contribution in [0.5, 0.6) is 0 Å². The number of aromatic nitrogens is 2. The Hall–Kier alpha value is -2.25. The molecule has 1 aromatic carbocycles.